The van der Waals surface area contributed by atoms with Crippen molar-refractivity contribution >= 4 is 23.2 Å². The minimum Gasteiger partial charge on any atom is -0.321 e. The van der Waals surface area contributed by atoms with Gasteiger partial charge in [0, 0.05) is 5.56 Å². The molecule has 19 heavy (non-hydrogen) atoms. The van der Waals surface area contributed by atoms with Gasteiger partial charge in [-0.1, -0.05) is 29.8 Å². The molecule has 4 heteroatoms. The summed E-state index contributed by atoms with van der Waals surface area (Å²) in [5.74, 6) is -0.701. The highest BCUT2D eigenvalue weighted by Crippen LogP contribution is 2.25. The van der Waals surface area contributed by atoms with Crippen molar-refractivity contribution in [2.24, 2.45) is 0 Å². The largest absolute Gasteiger partial charge is 0.321 e. The first-order valence-electron chi connectivity index (χ1n) is 5.81. The Hall–Kier alpha value is -1.87. The van der Waals surface area contributed by atoms with Crippen LogP contribution in [0.5, 0.6) is 0 Å². The van der Waals surface area contributed by atoms with E-state index in [-0.39, 0.29) is 11.6 Å². The number of hydrogen-bond acceptors (Lipinski definition) is 1. The summed E-state index contributed by atoms with van der Waals surface area (Å²) in [5.41, 5.74) is 2.11. The zero-order chi connectivity index (χ0) is 14.0. The van der Waals surface area contributed by atoms with Crippen LogP contribution in [0.1, 0.15) is 21.5 Å². The summed E-state index contributed by atoms with van der Waals surface area (Å²) in [6.07, 6.45) is 0. The SMILES string of the molecule is Cc1cc(Cl)c(NC(=O)c2ccccc2C)cc1F. The third kappa shape index (κ3) is 2.93. The molecule has 2 aromatic carbocycles. The molecule has 2 aromatic rings. The minimum absolute atomic E-state index is 0.276. The maximum Gasteiger partial charge on any atom is 0.255 e. The van der Waals surface area contributed by atoms with Crippen molar-refractivity contribution in [1.82, 2.24) is 0 Å². The number of halogens is 2. The molecule has 0 unspecified atom stereocenters. The van der Waals surface area contributed by atoms with Crippen molar-refractivity contribution in [3.63, 3.8) is 0 Å². The van der Waals surface area contributed by atoms with Gasteiger partial charge in [-0.2, -0.15) is 0 Å². The molecule has 98 valence electrons. The van der Waals surface area contributed by atoms with E-state index in [4.69, 9.17) is 11.6 Å². The lowest BCUT2D eigenvalue weighted by atomic mass is 10.1. The van der Waals surface area contributed by atoms with Crippen molar-refractivity contribution < 1.29 is 9.18 Å². The van der Waals surface area contributed by atoms with Crippen LogP contribution in [0.2, 0.25) is 5.02 Å². The van der Waals surface area contributed by atoms with Crippen LogP contribution in [-0.4, -0.2) is 5.91 Å². The molecular formula is C15H13ClFNO. The molecular weight excluding hydrogens is 265 g/mol. The molecule has 0 aliphatic rings. The van der Waals surface area contributed by atoms with Crippen molar-refractivity contribution in [2.45, 2.75) is 13.8 Å². The Morgan fingerprint density at radius 1 is 1.16 bits per heavy atom. The molecule has 0 heterocycles. The van der Waals surface area contributed by atoms with Crippen molar-refractivity contribution in [3.8, 4) is 0 Å². The van der Waals surface area contributed by atoms with Crippen molar-refractivity contribution in [1.29, 1.82) is 0 Å². The fourth-order valence-corrected chi connectivity index (χ4v) is 2.02. The van der Waals surface area contributed by atoms with Crippen molar-refractivity contribution in [2.75, 3.05) is 5.32 Å². The lowest BCUT2D eigenvalue weighted by Gasteiger charge is -2.10. The molecule has 0 aliphatic heterocycles. The second-order valence-corrected chi connectivity index (χ2v) is 4.76. The zero-order valence-electron chi connectivity index (χ0n) is 10.6. The fourth-order valence-electron chi connectivity index (χ4n) is 1.76. The Kier molecular flexibility index (Phi) is 3.86. The van der Waals surface area contributed by atoms with Gasteiger partial charge >= 0.3 is 0 Å². The first-order valence-corrected chi connectivity index (χ1v) is 6.19. The van der Waals surface area contributed by atoms with E-state index in [9.17, 15) is 9.18 Å². The van der Waals surface area contributed by atoms with Crippen molar-refractivity contribution in [3.05, 3.63) is 63.9 Å². The summed E-state index contributed by atoms with van der Waals surface area (Å²) in [5, 5.41) is 2.94. The molecule has 0 aromatic heterocycles. The number of amides is 1. The van der Waals surface area contributed by atoms with E-state index in [1.54, 1.807) is 19.1 Å². The number of aryl methyl sites for hydroxylation is 2. The Balaban J connectivity index is 2.30. The van der Waals surface area contributed by atoms with Gasteiger partial charge in [0.1, 0.15) is 5.82 Å². The van der Waals surface area contributed by atoms with Crippen LogP contribution < -0.4 is 5.32 Å². The topological polar surface area (TPSA) is 29.1 Å². The standard InChI is InChI=1S/C15H13ClFNO/c1-9-5-3-4-6-11(9)15(19)18-14-8-13(17)10(2)7-12(14)16/h3-8H,1-2H3,(H,18,19). The normalized spacial score (nSPS) is 10.3. The molecule has 1 N–H and O–H groups in total. The quantitative estimate of drug-likeness (QED) is 0.869. The lowest BCUT2D eigenvalue weighted by molar-refractivity contribution is 0.102. The second kappa shape index (κ2) is 5.41. The maximum atomic E-state index is 13.5. The van der Waals surface area contributed by atoms with Gasteiger partial charge in [-0.15, -0.1) is 0 Å². The minimum atomic E-state index is -0.399. The van der Waals surface area contributed by atoms with Gasteiger partial charge in [0.25, 0.3) is 5.91 Å². The number of hydrogen-bond donors (Lipinski definition) is 1. The highest BCUT2D eigenvalue weighted by molar-refractivity contribution is 6.34. The van der Waals surface area contributed by atoms with Crippen LogP contribution in [-0.2, 0) is 0 Å². The molecule has 1 amide bonds. The molecule has 2 rings (SSSR count). The maximum absolute atomic E-state index is 13.5. The van der Waals surface area contributed by atoms with E-state index < -0.39 is 5.82 Å². The summed E-state index contributed by atoms with van der Waals surface area (Å²) in [4.78, 5) is 12.1. The highest BCUT2D eigenvalue weighted by atomic mass is 35.5. The molecule has 0 aliphatic carbocycles. The third-order valence-corrected chi connectivity index (χ3v) is 3.20. The van der Waals surface area contributed by atoms with Gasteiger partial charge in [-0.3, -0.25) is 4.79 Å². The summed E-state index contributed by atoms with van der Waals surface area (Å²) < 4.78 is 13.5. The zero-order valence-corrected chi connectivity index (χ0v) is 11.4. The van der Waals surface area contributed by atoms with Crippen LogP contribution in [0.15, 0.2) is 36.4 Å². The number of carbonyl (C=O) groups is 1. The average molecular weight is 278 g/mol. The van der Waals surface area contributed by atoms with E-state index in [0.717, 1.165) is 5.56 Å². The Labute approximate surface area is 116 Å². The van der Waals surface area contributed by atoms with E-state index in [1.165, 1.54) is 12.1 Å². The summed E-state index contributed by atoms with van der Waals surface area (Å²) in [7, 11) is 0. The van der Waals surface area contributed by atoms with Gasteiger partial charge in [0.15, 0.2) is 0 Å². The first kappa shape index (κ1) is 13.6. The number of rotatable bonds is 2. The Bertz CT molecular complexity index is 640. The predicted molar refractivity (Wildman–Crippen MR) is 75.3 cm³/mol. The van der Waals surface area contributed by atoms with Gasteiger partial charge in [-0.05, 0) is 43.2 Å². The number of anilines is 1. The first-order chi connectivity index (χ1) is 8.99. The van der Waals surface area contributed by atoms with Gasteiger partial charge in [0.2, 0.25) is 0 Å². The third-order valence-electron chi connectivity index (χ3n) is 2.89. The number of carbonyl (C=O) groups excluding carboxylic acids is 1. The second-order valence-electron chi connectivity index (χ2n) is 4.35. The molecule has 0 fully saturated rings. The van der Waals surface area contributed by atoms with Crippen LogP contribution in [0, 0.1) is 19.7 Å². The smallest absolute Gasteiger partial charge is 0.255 e. The van der Waals surface area contributed by atoms with Gasteiger partial charge in [-0.25, -0.2) is 4.39 Å². The molecule has 0 bridgehead atoms. The molecule has 2 nitrogen and oxygen atoms in total. The fraction of sp³-hybridized carbons (Fsp3) is 0.133. The van der Waals surface area contributed by atoms with E-state index in [2.05, 4.69) is 5.32 Å². The summed E-state index contributed by atoms with van der Waals surface area (Å²) in [6, 6.07) is 9.90. The number of nitrogens with one attached hydrogen (secondary N) is 1. The molecule has 0 saturated heterocycles. The van der Waals surface area contributed by atoms with E-state index in [0.29, 0.717) is 16.1 Å². The average Bonchev–Trinajstić information content (AvgIpc) is 2.36. The highest BCUT2D eigenvalue weighted by Gasteiger charge is 2.12. The van der Waals surface area contributed by atoms with Crippen LogP contribution >= 0.6 is 11.6 Å². The van der Waals surface area contributed by atoms with Gasteiger partial charge in [0.05, 0.1) is 10.7 Å². The monoisotopic (exact) mass is 277 g/mol. The lowest BCUT2D eigenvalue weighted by Crippen LogP contribution is -2.13. The molecule has 0 radical (unpaired) electrons. The summed E-state index contributed by atoms with van der Waals surface area (Å²) in [6.45, 7) is 3.46. The van der Waals surface area contributed by atoms with Crippen LogP contribution in [0.3, 0.4) is 0 Å². The Morgan fingerprint density at radius 3 is 2.53 bits per heavy atom. The Morgan fingerprint density at radius 2 is 1.84 bits per heavy atom. The van der Waals surface area contributed by atoms with E-state index in [1.807, 2.05) is 19.1 Å². The van der Waals surface area contributed by atoms with E-state index >= 15 is 0 Å². The molecule has 0 atom stereocenters. The van der Waals surface area contributed by atoms with Crippen LogP contribution in [0.25, 0.3) is 0 Å². The predicted octanol–water partition coefficient (Wildman–Crippen LogP) is 4.35. The van der Waals surface area contributed by atoms with Gasteiger partial charge < -0.3 is 5.32 Å². The number of benzene rings is 2. The van der Waals surface area contributed by atoms with Crippen LogP contribution in [0.4, 0.5) is 10.1 Å². The molecule has 0 spiro atoms. The molecule has 0 saturated carbocycles. The summed E-state index contributed by atoms with van der Waals surface area (Å²) >= 11 is 5.99.